The van der Waals surface area contributed by atoms with Gasteiger partial charge in [0.25, 0.3) is 0 Å². The minimum absolute atomic E-state index is 0.101. The quantitative estimate of drug-likeness (QED) is 0.771. The number of hydrogen-bond acceptors (Lipinski definition) is 3. The maximum absolute atomic E-state index is 11.7. The molecule has 4 nitrogen and oxygen atoms in total. The van der Waals surface area contributed by atoms with Crippen LogP contribution in [0, 0.1) is 11.8 Å². The number of amides is 2. The molecule has 1 rings (SSSR count). The number of Topliss-reactive ketones (excluding diaryl/α,β-unsaturated/α-hetero) is 1. The summed E-state index contributed by atoms with van der Waals surface area (Å²) in [6.07, 6.45) is 4.02. The molecule has 102 valence electrons. The fourth-order valence-corrected chi connectivity index (χ4v) is 2.61. The molecule has 18 heavy (non-hydrogen) atoms. The van der Waals surface area contributed by atoms with Gasteiger partial charge in [-0.05, 0) is 38.5 Å². The molecule has 0 N–H and O–H groups in total. The van der Waals surface area contributed by atoms with E-state index in [1.165, 1.54) is 11.8 Å². The Morgan fingerprint density at radius 3 is 2.00 bits per heavy atom. The average Bonchev–Trinajstić information content (AvgIpc) is 2.35. The van der Waals surface area contributed by atoms with Crippen molar-refractivity contribution in [2.75, 3.05) is 6.54 Å². The summed E-state index contributed by atoms with van der Waals surface area (Å²) >= 11 is 0. The molecule has 1 aliphatic carbocycles. The first kappa shape index (κ1) is 14.9. The Kier molecular flexibility index (Phi) is 5.51. The number of hydrogen-bond donors (Lipinski definition) is 0. The van der Waals surface area contributed by atoms with Crippen molar-refractivity contribution in [3.05, 3.63) is 0 Å². The van der Waals surface area contributed by atoms with Crippen LogP contribution in [0.5, 0.6) is 0 Å². The third-order valence-corrected chi connectivity index (χ3v) is 3.85. The Labute approximate surface area is 109 Å². The van der Waals surface area contributed by atoms with E-state index >= 15 is 0 Å². The van der Waals surface area contributed by atoms with Gasteiger partial charge in [-0.3, -0.25) is 19.3 Å². The molecule has 4 heteroatoms. The summed E-state index contributed by atoms with van der Waals surface area (Å²) in [6, 6.07) is 0. The summed E-state index contributed by atoms with van der Waals surface area (Å²) in [6.45, 7) is 5.37. The van der Waals surface area contributed by atoms with E-state index in [1.54, 1.807) is 13.8 Å². The van der Waals surface area contributed by atoms with E-state index in [2.05, 4.69) is 0 Å². The van der Waals surface area contributed by atoms with Crippen LogP contribution >= 0.6 is 0 Å². The molecule has 0 heterocycles. The van der Waals surface area contributed by atoms with Crippen LogP contribution in [0.25, 0.3) is 0 Å². The summed E-state index contributed by atoms with van der Waals surface area (Å²) < 4.78 is 0. The van der Waals surface area contributed by atoms with Crippen molar-refractivity contribution in [2.45, 2.75) is 52.9 Å². The SMILES string of the molecule is CCC(=O)N(CC1CCC(C(C)=O)CC1)C(C)=O. The van der Waals surface area contributed by atoms with Crippen molar-refractivity contribution < 1.29 is 14.4 Å². The molecule has 0 atom stereocenters. The van der Waals surface area contributed by atoms with Gasteiger partial charge in [0.2, 0.25) is 11.8 Å². The fourth-order valence-electron chi connectivity index (χ4n) is 2.61. The minimum atomic E-state index is -0.171. The van der Waals surface area contributed by atoms with Gasteiger partial charge < -0.3 is 0 Å². The maximum Gasteiger partial charge on any atom is 0.228 e. The van der Waals surface area contributed by atoms with Gasteiger partial charge in [-0.15, -0.1) is 0 Å². The summed E-state index contributed by atoms with van der Waals surface area (Å²) in [5, 5.41) is 0. The summed E-state index contributed by atoms with van der Waals surface area (Å²) in [7, 11) is 0. The van der Waals surface area contributed by atoms with Crippen molar-refractivity contribution in [3.8, 4) is 0 Å². The number of nitrogens with zero attached hydrogens (tertiary/aromatic N) is 1. The maximum atomic E-state index is 11.7. The first-order chi connectivity index (χ1) is 8.45. The van der Waals surface area contributed by atoms with Gasteiger partial charge >= 0.3 is 0 Å². The lowest BCUT2D eigenvalue weighted by Gasteiger charge is -2.30. The van der Waals surface area contributed by atoms with E-state index < -0.39 is 0 Å². The molecule has 0 spiro atoms. The lowest BCUT2D eigenvalue weighted by Crippen LogP contribution is -2.39. The topological polar surface area (TPSA) is 54.5 Å². The Morgan fingerprint density at radius 1 is 1.06 bits per heavy atom. The zero-order chi connectivity index (χ0) is 13.7. The average molecular weight is 253 g/mol. The Hall–Kier alpha value is -1.19. The number of carbonyl (C=O) groups excluding carboxylic acids is 3. The summed E-state index contributed by atoms with van der Waals surface area (Å²) in [5.74, 6) is 0.544. The molecule has 0 aromatic heterocycles. The van der Waals surface area contributed by atoms with Crippen LogP contribution in [-0.4, -0.2) is 29.0 Å². The molecule has 2 amide bonds. The number of rotatable bonds is 4. The molecule has 1 saturated carbocycles. The third kappa shape index (κ3) is 3.93. The molecule has 0 aliphatic heterocycles. The van der Waals surface area contributed by atoms with E-state index in [0.29, 0.717) is 18.9 Å². The lowest BCUT2D eigenvalue weighted by atomic mass is 9.80. The predicted molar refractivity (Wildman–Crippen MR) is 68.8 cm³/mol. The van der Waals surface area contributed by atoms with Gasteiger partial charge in [0.1, 0.15) is 5.78 Å². The summed E-state index contributed by atoms with van der Waals surface area (Å²) in [5.41, 5.74) is 0. The summed E-state index contributed by atoms with van der Waals surface area (Å²) in [4.78, 5) is 35.7. The molecule has 1 fully saturated rings. The van der Waals surface area contributed by atoms with Crippen LogP contribution in [0.15, 0.2) is 0 Å². The van der Waals surface area contributed by atoms with Crippen LogP contribution in [0.4, 0.5) is 0 Å². The van der Waals surface area contributed by atoms with Gasteiger partial charge in [-0.25, -0.2) is 0 Å². The van der Waals surface area contributed by atoms with Crippen LogP contribution in [0.3, 0.4) is 0 Å². The van der Waals surface area contributed by atoms with E-state index in [4.69, 9.17) is 0 Å². The smallest absolute Gasteiger partial charge is 0.228 e. The van der Waals surface area contributed by atoms with Crippen LogP contribution in [-0.2, 0) is 14.4 Å². The molecule has 0 saturated heterocycles. The second-order valence-electron chi connectivity index (χ2n) is 5.21. The number of ketones is 1. The highest BCUT2D eigenvalue weighted by Crippen LogP contribution is 2.30. The Morgan fingerprint density at radius 2 is 1.61 bits per heavy atom. The van der Waals surface area contributed by atoms with E-state index in [9.17, 15) is 14.4 Å². The second kappa shape index (κ2) is 6.66. The second-order valence-corrected chi connectivity index (χ2v) is 5.21. The molecule has 0 radical (unpaired) electrons. The normalized spacial score (nSPS) is 23.5. The van der Waals surface area contributed by atoms with Gasteiger partial charge in [-0.2, -0.15) is 0 Å². The van der Waals surface area contributed by atoms with Crippen molar-refractivity contribution in [2.24, 2.45) is 11.8 Å². The highest BCUT2D eigenvalue weighted by Gasteiger charge is 2.27. The van der Waals surface area contributed by atoms with Crippen LogP contribution in [0.1, 0.15) is 52.9 Å². The molecule has 1 aliphatic rings. The van der Waals surface area contributed by atoms with Crippen molar-refractivity contribution in [3.63, 3.8) is 0 Å². The van der Waals surface area contributed by atoms with Crippen LogP contribution < -0.4 is 0 Å². The molecule has 0 aromatic rings. The van der Waals surface area contributed by atoms with Crippen molar-refractivity contribution >= 4 is 17.6 Å². The van der Waals surface area contributed by atoms with Gasteiger partial charge in [-0.1, -0.05) is 6.92 Å². The highest BCUT2D eigenvalue weighted by molar-refractivity contribution is 5.94. The van der Waals surface area contributed by atoms with Crippen molar-refractivity contribution in [1.82, 2.24) is 4.90 Å². The number of imide groups is 1. The Bertz CT molecular complexity index is 330. The van der Waals surface area contributed by atoms with Crippen molar-refractivity contribution in [1.29, 1.82) is 0 Å². The molecular formula is C14H23NO3. The van der Waals surface area contributed by atoms with E-state index in [-0.39, 0.29) is 23.5 Å². The van der Waals surface area contributed by atoms with Gasteiger partial charge in [0.15, 0.2) is 0 Å². The molecule has 0 aromatic carbocycles. The first-order valence-corrected chi connectivity index (χ1v) is 6.77. The zero-order valence-electron chi connectivity index (χ0n) is 11.6. The largest absolute Gasteiger partial charge is 0.300 e. The van der Waals surface area contributed by atoms with E-state index in [0.717, 1.165) is 25.7 Å². The standard InChI is InChI=1S/C14H23NO3/c1-4-14(18)15(11(3)17)9-12-5-7-13(8-6-12)10(2)16/h12-13H,4-9H2,1-3H3. The highest BCUT2D eigenvalue weighted by atomic mass is 16.2. The molecule has 0 bridgehead atoms. The monoisotopic (exact) mass is 253 g/mol. The zero-order valence-corrected chi connectivity index (χ0v) is 11.6. The minimum Gasteiger partial charge on any atom is -0.300 e. The van der Waals surface area contributed by atoms with Crippen LogP contribution in [0.2, 0.25) is 0 Å². The number of carbonyl (C=O) groups is 3. The van der Waals surface area contributed by atoms with Gasteiger partial charge in [0.05, 0.1) is 0 Å². The van der Waals surface area contributed by atoms with Gasteiger partial charge in [0, 0.05) is 25.8 Å². The molecular weight excluding hydrogens is 230 g/mol. The Balaban J connectivity index is 2.50. The van der Waals surface area contributed by atoms with E-state index in [1.807, 2.05) is 0 Å². The molecule has 0 unspecified atom stereocenters. The first-order valence-electron chi connectivity index (χ1n) is 6.77. The fraction of sp³-hybridized carbons (Fsp3) is 0.786. The predicted octanol–water partition coefficient (Wildman–Crippen LogP) is 2.17. The third-order valence-electron chi connectivity index (χ3n) is 3.85. The lowest BCUT2D eigenvalue weighted by molar-refractivity contribution is -0.144.